The highest BCUT2D eigenvalue weighted by atomic mass is 19.1. The molecule has 0 aromatic heterocycles. The molecule has 0 spiro atoms. The predicted molar refractivity (Wildman–Crippen MR) is 66.8 cm³/mol. The van der Waals surface area contributed by atoms with Gasteiger partial charge < -0.3 is 10.2 Å². The third kappa shape index (κ3) is 3.53. The van der Waals surface area contributed by atoms with Crippen molar-refractivity contribution in [1.29, 1.82) is 0 Å². The average Bonchev–Trinajstić information content (AvgIpc) is 2.28. The van der Waals surface area contributed by atoms with Gasteiger partial charge in [-0.3, -0.25) is 4.79 Å². The van der Waals surface area contributed by atoms with Crippen LogP contribution < -0.4 is 0 Å². The maximum atomic E-state index is 13.5. The summed E-state index contributed by atoms with van der Waals surface area (Å²) in [5.74, 6) is -2.35. The van der Waals surface area contributed by atoms with E-state index in [1.54, 1.807) is 18.2 Å². The van der Waals surface area contributed by atoms with Crippen LogP contribution in [0.5, 0.6) is 0 Å². The van der Waals surface area contributed by atoms with Crippen molar-refractivity contribution in [2.45, 2.75) is 38.7 Å². The molecular weight excluding hydrogens is 235 g/mol. The van der Waals surface area contributed by atoms with Crippen LogP contribution in [0, 0.1) is 11.7 Å². The second kappa shape index (κ2) is 5.96. The van der Waals surface area contributed by atoms with Crippen LogP contribution in [0.25, 0.3) is 0 Å². The molecule has 2 atom stereocenters. The molecule has 0 aliphatic rings. The highest BCUT2D eigenvalue weighted by Gasteiger charge is 2.37. The number of benzene rings is 1. The molecular formula is C14H19FO3. The van der Waals surface area contributed by atoms with Gasteiger partial charge >= 0.3 is 5.97 Å². The van der Waals surface area contributed by atoms with Gasteiger partial charge in [0.15, 0.2) is 0 Å². The Morgan fingerprint density at radius 3 is 2.56 bits per heavy atom. The lowest BCUT2D eigenvalue weighted by molar-refractivity contribution is -0.151. The van der Waals surface area contributed by atoms with Crippen LogP contribution in [0.3, 0.4) is 0 Å². The standard InChI is InChI=1S/C14H19FO3/c1-3-6-11(13(16)17)14(2,18)9-10-7-4-5-8-12(10)15/h4-5,7-8,11,18H,3,6,9H2,1-2H3,(H,16,17). The molecule has 100 valence electrons. The summed E-state index contributed by atoms with van der Waals surface area (Å²) in [5.41, 5.74) is -1.12. The molecule has 1 aromatic carbocycles. The summed E-state index contributed by atoms with van der Waals surface area (Å²) in [7, 11) is 0. The van der Waals surface area contributed by atoms with Gasteiger partial charge in [0.25, 0.3) is 0 Å². The second-order valence-electron chi connectivity index (χ2n) is 4.80. The Labute approximate surface area is 106 Å². The lowest BCUT2D eigenvalue weighted by Gasteiger charge is -2.30. The minimum Gasteiger partial charge on any atom is -0.481 e. The summed E-state index contributed by atoms with van der Waals surface area (Å²) in [4.78, 5) is 11.2. The van der Waals surface area contributed by atoms with Crippen molar-refractivity contribution < 1.29 is 19.4 Å². The first-order chi connectivity index (χ1) is 8.38. The fraction of sp³-hybridized carbons (Fsp3) is 0.500. The van der Waals surface area contributed by atoms with E-state index in [1.165, 1.54) is 13.0 Å². The molecule has 0 aliphatic carbocycles. The Kier molecular flexibility index (Phi) is 4.84. The molecule has 0 radical (unpaired) electrons. The van der Waals surface area contributed by atoms with Crippen molar-refractivity contribution in [1.82, 2.24) is 0 Å². The first-order valence-corrected chi connectivity index (χ1v) is 6.07. The van der Waals surface area contributed by atoms with Crippen LogP contribution in [-0.4, -0.2) is 21.8 Å². The van der Waals surface area contributed by atoms with E-state index in [0.717, 1.165) is 0 Å². The van der Waals surface area contributed by atoms with Gasteiger partial charge in [-0.25, -0.2) is 4.39 Å². The molecule has 2 N–H and O–H groups in total. The number of aliphatic carboxylic acids is 1. The lowest BCUT2D eigenvalue weighted by atomic mass is 9.81. The number of hydrogen-bond acceptors (Lipinski definition) is 2. The van der Waals surface area contributed by atoms with Crippen molar-refractivity contribution in [2.24, 2.45) is 5.92 Å². The SMILES string of the molecule is CCCC(C(=O)O)C(C)(O)Cc1ccccc1F. The average molecular weight is 254 g/mol. The minimum atomic E-state index is -1.45. The number of hydrogen-bond donors (Lipinski definition) is 2. The van der Waals surface area contributed by atoms with E-state index in [4.69, 9.17) is 5.11 Å². The van der Waals surface area contributed by atoms with E-state index in [2.05, 4.69) is 0 Å². The summed E-state index contributed by atoms with van der Waals surface area (Å²) in [5, 5.41) is 19.4. The van der Waals surface area contributed by atoms with E-state index < -0.39 is 23.3 Å². The highest BCUT2D eigenvalue weighted by molar-refractivity contribution is 5.71. The Morgan fingerprint density at radius 1 is 1.44 bits per heavy atom. The van der Waals surface area contributed by atoms with Gasteiger partial charge in [-0.1, -0.05) is 31.5 Å². The summed E-state index contributed by atoms with van der Waals surface area (Å²) < 4.78 is 13.5. The Bertz CT molecular complexity index is 415. The van der Waals surface area contributed by atoms with E-state index >= 15 is 0 Å². The van der Waals surface area contributed by atoms with Crippen LogP contribution in [0.1, 0.15) is 32.3 Å². The topological polar surface area (TPSA) is 57.5 Å². The third-order valence-corrected chi connectivity index (χ3v) is 3.13. The van der Waals surface area contributed by atoms with E-state index in [-0.39, 0.29) is 6.42 Å². The number of carboxylic acid groups (broad SMARTS) is 1. The Morgan fingerprint density at radius 2 is 2.06 bits per heavy atom. The lowest BCUT2D eigenvalue weighted by Crippen LogP contribution is -2.41. The van der Waals surface area contributed by atoms with E-state index in [9.17, 15) is 14.3 Å². The molecule has 0 bridgehead atoms. The normalized spacial score (nSPS) is 16.0. The van der Waals surface area contributed by atoms with Gasteiger partial charge in [0.05, 0.1) is 11.5 Å². The Balaban J connectivity index is 2.92. The maximum absolute atomic E-state index is 13.5. The van der Waals surface area contributed by atoms with Crippen molar-refractivity contribution in [3.05, 3.63) is 35.6 Å². The smallest absolute Gasteiger partial charge is 0.309 e. The van der Waals surface area contributed by atoms with Crippen molar-refractivity contribution >= 4 is 5.97 Å². The van der Waals surface area contributed by atoms with Crippen molar-refractivity contribution in [3.63, 3.8) is 0 Å². The summed E-state index contributed by atoms with van der Waals surface area (Å²) >= 11 is 0. The molecule has 2 unspecified atom stereocenters. The summed E-state index contributed by atoms with van der Waals surface area (Å²) in [6, 6.07) is 6.11. The zero-order chi connectivity index (χ0) is 13.8. The van der Waals surface area contributed by atoms with Gasteiger partial charge in [-0.15, -0.1) is 0 Å². The van der Waals surface area contributed by atoms with Crippen molar-refractivity contribution in [3.8, 4) is 0 Å². The molecule has 1 rings (SSSR count). The van der Waals surface area contributed by atoms with Crippen LogP contribution >= 0.6 is 0 Å². The quantitative estimate of drug-likeness (QED) is 0.820. The molecule has 1 aromatic rings. The molecule has 4 heteroatoms. The summed E-state index contributed by atoms with van der Waals surface area (Å²) in [6.45, 7) is 3.31. The molecule has 0 amide bonds. The molecule has 3 nitrogen and oxygen atoms in total. The van der Waals surface area contributed by atoms with Gasteiger partial charge in [-0.2, -0.15) is 0 Å². The number of carbonyl (C=O) groups is 1. The molecule has 18 heavy (non-hydrogen) atoms. The molecule has 0 fully saturated rings. The first-order valence-electron chi connectivity index (χ1n) is 6.07. The fourth-order valence-electron chi connectivity index (χ4n) is 2.14. The third-order valence-electron chi connectivity index (χ3n) is 3.13. The van der Waals surface area contributed by atoms with Crippen molar-refractivity contribution in [2.75, 3.05) is 0 Å². The molecule has 0 saturated heterocycles. The van der Waals surface area contributed by atoms with Gasteiger partial charge in [0.2, 0.25) is 0 Å². The Hall–Kier alpha value is -1.42. The maximum Gasteiger partial charge on any atom is 0.309 e. The number of rotatable bonds is 6. The molecule has 0 heterocycles. The van der Waals surface area contributed by atoms with Gasteiger partial charge in [0.1, 0.15) is 5.82 Å². The minimum absolute atomic E-state index is 0.00333. The van der Waals surface area contributed by atoms with Gasteiger partial charge in [0, 0.05) is 6.42 Å². The second-order valence-corrected chi connectivity index (χ2v) is 4.80. The number of aliphatic hydroxyl groups is 1. The highest BCUT2D eigenvalue weighted by Crippen LogP contribution is 2.27. The van der Waals surface area contributed by atoms with E-state index in [1.807, 2.05) is 6.92 Å². The number of halogens is 1. The fourth-order valence-corrected chi connectivity index (χ4v) is 2.14. The number of carboxylic acids is 1. The van der Waals surface area contributed by atoms with Crippen LogP contribution in [0.15, 0.2) is 24.3 Å². The monoisotopic (exact) mass is 254 g/mol. The largest absolute Gasteiger partial charge is 0.481 e. The van der Waals surface area contributed by atoms with Crippen LogP contribution in [-0.2, 0) is 11.2 Å². The molecule has 0 aliphatic heterocycles. The zero-order valence-corrected chi connectivity index (χ0v) is 10.7. The van der Waals surface area contributed by atoms with Crippen LogP contribution in [0.4, 0.5) is 4.39 Å². The first kappa shape index (κ1) is 14.6. The zero-order valence-electron chi connectivity index (χ0n) is 10.7. The predicted octanol–water partition coefficient (Wildman–Crippen LogP) is 2.62. The summed E-state index contributed by atoms with van der Waals surface area (Å²) in [6.07, 6.45) is 1.03. The van der Waals surface area contributed by atoms with E-state index in [0.29, 0.717) is 18.4 Å². The van der Waals surface area contributed by atoms with Crippen LogP contribution in [0.2, 0.25) is 0 Å². The van der Waals surface area contributed by atoms with Gasteiger partial charge in [-0.05, 0) is 25.0 Å². The molecule has 0 saturated carbocycles.